The van der Waals surface area contributed by atoms with Crippen LogP contribution in [0.25, 0.3) is 0 Å². The molecule has 0 aromatic carbocycles. The fourth-order valence-electron chi connectivity index (χ4n) is 1.25. The van der Waals surface area contributed by atoms with Crippen LogP contribution in [0.4, 0.5) is 0 Å². The van der Waals surface area contributed by atoms with Gasteiger partial charge >= 0.3 is 0 Å². The van der Waals surface area contributed by atoms with Gasteiger partial charge in [0.25, 0.3) is 0 Å². The lowest BCUT2D eigenvalue weighted by molar-refractivity contribution is 0.00774. The smallest absolute Gasteiger partial charge is 0.0713 e. The van der Waals surface area contributed by atoms with Crippen molar-refractivity contribution in [2.75, 3.05) is 27.2 Å². The molecule has 0 aliphatic carbocycles. The van der Waals surface area contributed by atoms with Crippen LogP contribution in [0, 0.1) is 0 Å². The van der Waals surface area contributed by atoms with E-state index in [2.05, 4.69) is 5.43 Å². The average Bonchev–Trinajstić information content (AvgIpc) is 2.03. The summed E-state index contributed by atoms with van der Waals surface area (Å²) in [6.07, 6.45) is 4.20. The molecule has 0 bridgehead atoms. The number of hydrogen-bond donors (Lipinski definition) is 1. The molecule has 1 N–H and O–H groups in total. The van der Waals surface area contributed by atoms with Crippen LogP contribution in [0.2, 0.25) is 0 Å². The summed E-state index contributed by atoms with van der Waals surface area (Å²) >= 11 is 0. The van der Waals surface area contributed by atoms with Crippen LogP contribution in [0.5, 0.6) is 0 Å². The zero-order chi connectivity index (χ0) is 8.10. The summed E-state index contributed by atoms with van der Waals surface area (Å²) in [6.45, 7) is 1.90. The fourth-order valence-corrected chi connectivity index (χ4v) is 1.25. The van der Waals surface area contributed by atoms with E-state index in [-0.39, 0.29) is 0 Å². The zero-order valence-corrected chi connectivity index (χ0v) is 7.47. The molecule has 1 atom stereocenters. The Balaban J connectivity index is 2.05. The molecule has 66 valence electrons. The van der Waals surface area contributed by atoms with Crippen molar-refractivity contribution in [2.24, 2.45) is 0 Å². The summed E-state index contributed by atoms with van der Waals surface area (Å²) < 4.78 is 5.54. The highest BCUT2D eigenvalue weighted by atomic mass is 16.5. The van der Waals surface area contributed by atoms with E-state index in [1.165, 1.54) is 19.3 Å². The van der Waals surface area contributed by atoms with E-state index >= 15 is 0 Å². The Morgan fingerprint density at radius 3 is 2.82 bits per heavy atom. The monoisotopic (exact) mass is 158 g/mol. The van der Waals surface area contributed by atoms with Crippen molar-refractivity contribution in [1.82, 2.24) is 10.4 Å². The molecule has 0 aromatic rings. The average molecular weight is 158 g/mol. The molecule has 1 aliphatic heterocycles. The van der Waals surface area contributed by atoms with Crippen molar-refractivity contribution in [2.45, 2.75) is 25.4 Å². The number of ether oxygens (including phenoxy) is 1. The number of nitrogens with one attached hydrogen (secondary N) is 1. The van der Waals surface area contributed by atoms with Gasteiger partial charge in [-0.05, 0) is 19.3 Å². The predicted octanol–water partition coefficient (Wildman–Crippen LogP) is 0.622. The maximum Gasteiger partial charge on any atom is 0.0713 e. The molecule has 1 aliphatic rings. The minimum atomic E-state index is 0.436. The van der Waals surface area contributed by atoms with Crippen molar-refractivity contribution in [3.63, 3.8) is 0 Å². The molecule has 1 rings (SSSR count). The van der Waals surface area contributed by atoms with Crippen LogP contribution in [0.15, 0.2) is 0 Å². The Bertz CT molecular complexity index is 100. The van der Waals surface area contributed by atoms with Crippen molar-refractivity contribution in [3.05, 3.63) is 0 Å². The molecule has 0 saturated carbocycles. The Morgan fingerprint density at radius 2 is 2.27 bits per heavy atom. The van der Waals surface area contributed by atoms with Gasteiger partial charge in [0.05, 0.1) is 6.10 Å². The lowest BCUT2D eigenvalue weighted by atomic mass is 10.1. The lowest BCUT2D eigenvalue weighted by Crippen LogP contribution is -2.39. The Morgan fingerprint density at radius 1 is 1.45 bits per heavy atom. The van der Waals surface area contributed by atoms with E-state index in [1.807, 2.05) is 19.1 Å². The van der Waals surface area contributed by atoms with Gasteiger partial charge in [-0.2, -0.15) is 0 Å². The normalized spacial score (nSPS) is 25.9. The summed E-state index contributed by atoms with van der Waals surface area (Å²) in [4.78, 5) is 0. The van der Waals surface area contributed by atoms with Gasteiger partial charge in [-0.15, -0.1) is 0 Å². The summed E-state index contributed by atoms with van der Waals surface area (Å²) in [6, 6.07) is 0. The quantitative estimate of drug-likeness (QED) is 0.609. The second-order valence-corrected chi connectivity index (χ2v) is 3.25. The molecule has 0 spiro atoms. The highest BCUT2D eigenvalue weighted by Gasteiger charge is 2.12. The molecule has 3 nitrogen and oxygen atoms in total. The van der Waals surface area contributed by atoms with E-state index in [0.29, 0.717) is 6.10 Å². The largest absolute Gasteiger partial charge is 0.377 e. The minimum Gasteiger partial charge on any atom is -0.377 e. The van der Waals surface area contributed by atoms with Crippen molar-refractivity contribution in [1.29, 1.82) is 0 Å². The first-order valence-electron chi connectivity index (χ1n) is 4.31. The van der Waals surface area contributed by atoms with Gasteiger partial charge in [0.15, 0.2) is 0 Å². The van der Waals surface area contributed by atoms with E-state index < -0.39 is 0 Å². The standard InChI is InChI=1S/C8H18N2O/c1-10(2)9-7-8-5-3-4-6-11-8/h8-9H,3-7H2,1-2H3. The van der Waals surface area contributed by atoms with E-state index in [9.17, 15) is 0 Å². The molecule has 0 amide bonds. The summed E-state index contributed by atoms with van der Waals surface area (Å²) in [5.74, 6) is 0. The highest BCUT2D eigenvalue weighted by molar-refractivity contribution is 4.64. The Labute approximate surface area is 68.7 Å². The van der Waals surface area contributed by atoms with Crippen LogP contribution >= 0.6 is 0 Å². The number of nitrogens with zero attached hydrogens (tertiary/aromatic N) is 1. The van der Waals surface area contributed by atoms with Crippen LogP contribution in [0.3, 0.4) is 0 Å². The van der Waals surface area contributed by atoms with Gasteiger partial charge in [0, 0.05) is 27.2 Å². The highest BCUT2D eigenvalue weighted by Crippen LogP contribution is 2.11. The summed E-state index contributed by atoms with van der Waals surface area (Å²) in [5, 5.41) is 1.97. The Kier molecular flexibility index (Phi) is 3.83. The van der Waals surface area contributed by atoms with E-state index in [4.69, 9.17) is 4.74 Å². The number of hydrogen-bond acceptors (Lipinski definition) is 3. The van der Waals surface area contributed by atoms with Crippen LogP contribution < -0.4 is 5.43 Å². The van der Waals surface area contributed by atoms with Gasteiger partial charge in [0.1, 0.15) is 0 Å². The lowest BCUT2D eigenvalue weighted by Gasteiger charge is -2.24. The van der Waals surface area contributed by atoms with Gasteiger partial charge in [-0.1, -0.05) is 0 Å². The fraction of sp³-hybridized carbons (Fsp3) is 1.00. The molecule has 1 unspecified atom stereocenters. The second kappa shape index (κ2) is 4.70. The van der Waals surface area contributed by atoms with E-state index in [1.54, 1.807) is 0 Å². The van der Waals surface area contributed by atoms with Crippen molar-refractivity contribution < 1.29 is 4.74 Å². The third-order valence-electron chi connectivity index (χ3n) is 1.91. The minimum absolute atomic E-state index is 0.436. The zero-order valence-electron chi connectivity index (χ0n) is 7.47. The molecule has 1 fully saturated rings. The summed E-state index contributed by atoms with van der Waals surface area (Å²) in [5.41, 5.74) is 3.22. The first-order valence-corrected chi connectivity index (χ1v) is 4.31. The van der Waals surface area contributed by atoms with Crippen molar-refractivity contribution >= 4 is 0 Å². The molecule has 3 heteroatoms. The van der Waals surface area contributed by atoms with Crippen LogP contribution in [-0.4, -0.2) is 38.4 Å². The first kappa shape index (κ1) is 8.97. The number of hydrazine groups is 1. The molecule has 1 saturated heterocycles. The third kappa shape index (κ3) is 3.70. The Hall–Kier alpha value is -0.120. The molecule has 0 aromatic heterocycles. The third-order valence-corrected chi connectivity index (χ3v) is 1.91. The van der Waals surface area contributed by atoms with Gasteiger partial charge < -0.3 is 4.74 Å². The van der Waals surface area contributed by atoms with E-state index in [0.717, 1.165) is 13.2 Å². The van der Waals surface area contributed by atoms with Crippen LogP contribution in [-0.2, 0) is 4.74 Å². The van der Waals surface area contributed by atoms with Crippen LogP contribution in [0.1, 0.15) is 19.3 Å². The van der Waals surface area contributed by atoms with Gasteiger partial charge in [-0.25, -0.2) is 0 Å². The van der Waals surface area contributed by atoms with Crippen molar-refractivity contribution in [3.8, 4) is 0 Å². The second-order valence-electron chi connectivity index (χ2n) is 3.25. The molecular formula is C8H18N2O. The maximum atomic E-state index is 5.54. The first-order chi connectivity index (χ1) is 5.29. The topological polar surface area (TPSA) is 24.5 Å². The maximum absolute atomic E-state index is 5.54. The molecule has 0 radical (unpaired) electrons. The molecule has 11 heavy (non-hydrogen) atoms. The van der Waals surface area contributed by atoms with Gasteiger partial charge in [0.2, 0.25) is 0 Å². The molecule has 1 heterocycles. The number of rotatable bonds is 3. The molecular weight excluding hydrogens is 140 g/mol. The summed E-state index contributed by atoms with van der Waals surface area (Å²) in [7, 11) is 4.01. The SMILES string of the molecule is CN(C)NCC1CCCCO1. The van der Waals surface area contributed by atoms with Gasteiger partial charge in [-0.3, -0.25) is 10.4 Å². The predicted molar refractivity (Wildman–Crippen MR) is 45.3 cm³/mol.